The summed E-state index contributed by atoms with van der Waals surface area (Å²) in [7, 11) is 0. The van der Waals surface area contributed by atoms with E-state index in [1.54, 1.807) is 12.3 Å². The number of carbonyl (C=O) groups excluding carboxylic acids is 1. The Labute approximate surface area is 170 Å². The van der Waals surface area contributed by atoms with E-state index in [0.29, 0.717) is 23.6 Å². The van der Waals surface area contributed by atoms with Crippen molar-refractivity contribution >= 4 is 22.8 Å². The molecule has 2 fully saturated rings. The van der Waals surface area contributed by atoms with Gasteiger partial charge in [-0.1, -0.05) is 12.1 Å². The van der Waals surface area contributed by atoms with Gasteiger partial charge in [0.05, 0.1) is 30.4 Å². The molecular formula is C21H29N5O3. The number of nitrogens with one attached hydrogen (secondary N) is 2. The molecule has 156 valence electrons. The van der Waals surface area contributed by atoms with Crippen molar-refractivity contribution in [2.75, 3.05) is 44.7 Å². The van der Waals surface area contributed by atoms with Gasteiger partial charge < -0.3 is 20.5 Å². The van der Waals surface area contributed by atoms with Gasteiger partial charge >= 0.3 is 0 Å². The average molecular weight is 399 g/mol. The molecule has 1 aromatic heterocycles. The van der Waals surface area contributed by atoms with Crippen LogP contribution < -0.4 is 10.6 Å². The molecule has 0 radical (unpaired) electrons. The number of amides is 1. The maximum atomic E-state index is 12.8. The molecule has 29 heavy (non-hydrogen) atoms. The number of anilines is 1. The smallest absolute Gasteiger partial charge is 0.253 e. The highest BCUT2D eigenvalue weighted by molar-refractivity contribution is 6.05. The third-order valence-corrected chi connectivity index (χ3v) is 5.70. The van der Waals surface area contributed by atoms with Crippen molar-refractivity contribution in [1.29, 1.82) is 0 Å². The quantitative estimate of drug-likeness (QED) is 0.675. The molecule has 1 amide bonds. The van der Waals surface area contributed by atoms with Crippen LogP contribution in [0.3, 0.4) is 0 Å². The number of hydrogen-bond donors (Lipinski definition) is 3. The molecule has 2 aliphatic rings. The number of ether oxygens (including phenoxy) is 1. The van der Waals surface area contributed by atoms with E-state index in [2.05, 4.69) is 25.5 Å². The van der Waals surface area contributed by atoms with Crippen LogP contribution in [0.4, 0.5) is 5.95 Å². The van der Waals surface area contributed by atoms with Crippen molar-refractivity contribution in [3.8, 4) is 0 Å². The van der Waals surface area contributed by atoms with Crippen molar-refractivity contribution in [3.05, 3.63) is 30.0 Å². The molecule has 0 spiro atoms. The lowest BCUT2D eigenvalue weighted by Gasteiger charge is -2.26. The molecule has 2 heterocycles. The zero-order valence-corrected chi connectivity index (χ0v) is 16.6. The Bertz CT molecular complexity index is 832. The highest BCUT2D eigenvalue weighted by Gasteiger charge is 2.20. The highest BCUT2D eigenvalue weighted by atomic mass is 16.5. The maximum Gasteiger partial charge on any atom is 0.253 e. The molecule has 1 aliphatic heterocycles. The van der Waals surface area contributed by atoms with Crippen LogP contribution in [0, 0.1) is 0 Å². The second-order valence-corrected chi connectivity index (χ2v) is 7.80. The molecule has 8 nitrogen and oxygen atoms in total. The molecule has 3 N–H and O–H groups in total. The van der Waals surface area contributed by atoms with E-state index in [9.17, 15) is 9.90 Å². The number of nitrogens with zero attached hydrogens (tertiary/aromatic N) is 3. The fourth-order valence-corrected chi connectivity index (χ4v) is 3.96. The molecule has 1 saturated heterocycles. The van der Waals surface area contributed by atoms with Gasteiger partial charge in [0, 0.05) is 43.8 Å². The summed E-state index contributed by atoms with van der Waals surface area (Å²) in [6.45, 7) is 4.73. The van der Waals surface area contributed by atoms with E-state index < -0.39 is 0 Å². The first-order valence-electron chi connectivity index (χ1n) is 10.5. The minimum absolute atomic E-state index is 0.116. The van der Waals surface area contributed by atoms with Gasteiger partial charge in [-0.3, -0.25) is 9.69 Å². The van der Waals surface area contributed by atoms with Crippen molar-refractivity contribution in [2.45, 2.75) is 37.8 Å². The molecule has 1 aliphatic carbocycles. The number of carbonyl (C=O) groups is 1. The number of fused-ring (bicyclic) bond motifs is 1. The van der Waals surface area contributed by atoms with E-state index in [1.165, 1.54) is 0 Å². The van der Waals surface area contributed by atoms with Crippen LogP contribution in [0.2, 0.25) is 0 Å². The Morgan fingerprint density at radius 2 is 2.00 bits per heavy atom. The summed E-state index contributed by atoms with van der Waals surface area (Å²) >= 11 is 0. The van der Waals surface area contributed by atoms with E-state index in [-0.39, 0.29) is 18.1 Å². The summed E-state index contributed by atoms with van der Waals surface area (Å²) in [5.41, 5.74) is 1.22. The Hall–Kier alpha value is -2.29. The van der Waals surface area contributed by atoms with Crippen LogP contribution in [-0.2, 0) is 4.74 Å². The predicted octanol–water partition coefficient (Wildman–Crippen LogP) is 1.41. The van der Waals surface area contributed by atoms with Gasteiger partial charge in [0.15, 0.2) is 0 Å². The molecule has 4 rings (SSSR count). The number of hydrogen-bond acceptors (Lipinski definition) is 7. The third-order valence-electron chi connectivity index (χ3n) is 5.70. The van der Waals surface area contributed by atoms with Crippen molar-refractivity contribution in [3.63, 3.8) is 0 Å². The fourth-order valence-electron chi connectivity index (χ4n) is 3.96. The minimum Gasteiger partial charge on any atom is -0.393 e. The second-order valence-electron chi connectivity index (χ2n) is 7.80. The lowest BCUT2D eigenvalue weighted by Crippen LogP contribution is -2.41. The summed E-state index contributed by atoms with van der Waals surface area (Å²) in [4.78, 5) is 24.1. The number of rotatable bonds is 6. The molecule has 8 heteroatoms. The van der Waals surface area contributed by atoms with E-state index >= 15 is 0 Å². The Balaban J connectivity index is 1.41. The monoisotopic (exact) mass is 399 g/mol. The van der Waals surface area contributed by atoms with Gasteiger partial charge in [0.1, 0.15) is 0 Å². The summed E-state index contributed by atoms with van der Waals surface area (Å²) in [6, 6.07) is 5.84. The molecule has 1 aromatic carbocycles. The molecule has 1 saturated carbocycles. The van der Waals surface area contributed by atoms with Gasteiger partial charge in [0.25, 0.3) is 5.91 Å². The van der Waals surface area contributed by atoms with E-state index in [0.717, 1.165) is 63.9 Å². The number of aliphatic hydroxyl groups excluding tert-OH is 1. The number of para-hydroxylation sites is 1. The lowest BCUT2D eigenvalue weighted by atomic mass is 9.93. The zero-order valence-electron chi connectivity index (χ0n) is 16.6. The average Bonchev–Trinajstić information content (AvgIpc) is 2.75. The molecular weight excluding hydrogens is 370 g/mol. The predicted molar refractivity (Wildman–Crippen MR) is 111 cm³/mol. The normalized spacial score (nSPS) is 23.1. The van der Waals surface area contributed by atoms with Crippen LogP contribution in [0.1, 0.15) is 36.0 Å². The van der Waals surface area contributed by atoms with Crippen LogP contribution in [-0.4, -0.2) is 77.4 Å². The highest BCUT2D eigenvalue weighted by Crippen LogP contribution is 2.22. The van der Waals surface area contributed by atoms with Crippen LogP contribution in [0.15, 0.2) is 24.4 Å². The SMILES string of the molecule is O=C(NCCN1CCOCC1)c1cccc2cnc(N[C@H]3CC[C@H](O)CC3)nc12. The fraction of sp³-hybridized carbons (Fsp3) is 0.571. The third kappa shape index (κ3) is 5.20. The van der Waals surface area contributed by atoms with Crippen molar-refractivity contribution < 1.29 is 14.6 Å². The molecule has 2 aromatic rings. The summed E-state index contributed by atoms with van der Waals surface area (Å²) in [5.74, 6) is 0.418. The first-order chi connectivity index (χ1) is 14.2. The standard InChI is InChI=1S/C21H29N5O3/c27-17-6-4-16(5-7-17)24-21-23-14-15-2-1-3-18(19(15)25-21)20(28)22-8-9-26-10-12-29-13-11-26/h1-3,14,16-17,27H,4-13H2,(H,22,28)(H,23,24,25)/t16-,17-. The Morgan fingerprint density at radius 1 is 1.21 bits per heavy atom. The van der Waals surface area contributed by atoms with Gasteiger partial charge in [-0.25, -0.2) is 9.97 Å². The molecule has 0 atom stereocenters. The first-order valence-corrected chi connectivity index (χ1v) is 10.5. The molecule has 0 bridgehead atoms. The largest absolute Gasteiger partial charge is 0.393 e. The number of morpholine rings is 1. The van der Waals surface area contributed by atoms with Crippen LogP contribution >= 0.6 is 0 Å². The second kappa shape index (κ2) is 9.47. The van der Waals surface area contributed by atoms with E-state index in [4.69, 9.17) is 4.74 Å². The van der Waals surface area contributed by atoms with Gasteiger partial charge in [-0.05, 0) is 31.7 Å². The Morgan fingerprint density at radius 3 is 2.79 bits per heavy atom. The Kier molecular flexibility index (Phi) is 6.53. The minimum atomic E-state index is -0.196. The molecule has 0 unspecified atom stereocenters. The topological polar surface area (TPSA) is 99.6 Å². The number of benzene rings is 1. The zero-order chi connectivity index (χ0) is 20.1. The summed E-state index contributed by atoms with van der Waals surface area (Å²) < 4.78 is 5.35. The number of aliphatic hydroxyl groups is 1. The first kappa shape index (κ1) is 20.0. The lowest BCUT2D eigenvalue weighted by molar-refractivity contribution is 0.0383. The van der Waals surface area contributed by atoms with Crippen LogP contribution in [0.5, 0.6) is 0 Å². The number of aromatic nitrogens is 2. The van der Waals surface area contributed by atoms with Gasteiger partial charge in [0.2, 0.25) is 5.95 Å². The summed E-state index contributed by atoms with van der Waals surface area (Å²) in [6.07, 6.45) is 4.94. The van der Waals surface area contributed by atoms with Crippen molar-refractivity contribution in [2.24, 2.45) is 0 Å². The van der Waals surface area contributed by atoms with Gasteiger partial charge in [-0.15, -0.1) is 0 Å². The van der Waals surface area contributed by atoms with Gasteiger partial charge in [-0.2, -0.15) is 0 Å². The van der Waals surface area contributed by atoms with E-state index in [1.807, 2.05) is 12.1 Å². The van der Waals surface area contributed by atoms with Crippen molar-refractivity contribution in [1.82, 2.24) is 20.2 Å². The summed E-state index contributed by atoms with van der Waals surface area (Å²) in [5, 5.41) is 16.9. The maximum absolute atomic E-state index is 12.8. The van der Waals surface area contributed by atoms with Crippen LogP contribution in [0.25, 0.3) is 10.9 Å².